The van der Waals surface area contributed by atoms with Crippen LogP contribution in [-0.4, -0.2) is 20.0 Å². The van der Waals surface area contributed by atoms with Crippen LogP contribution in [0, 0.1) is 6.92 Å². The Hall–Kier alpha value is -1.45. The van der Waals surface area contributed by atoms with Crippen molar-refractivity contribution in [1.29, 1.82) is 0 Å². The number of nitrogens with zero attached hydrogens (tertiary/aromatic N) is 4. The number of hydrogen-bond acceptors (Lipinski definition) is 3. The van der Waals surface area contributed by atoms with Gasteiger partial charge >= 0.3 is 0 Å². The molecule has 11 heavy (non-hydrogen) atoms. The highest BCUT2D eigenvalue weighted by molar-refractivity contribution is 5.69. The highest BCUT2D eigenvalue weighted by atomic mass is 15.4. The van der Waals surface area contributed by atoms with Crippen LogP contribution in [0.25, 0.3) is 11.2 Å². The van der Waals surface area contributed by atoms with Crippen molar-refractivity contribution in [2.75, 3.05) is 0 Å². The fraction of sp³-hybridized carbons (Fsp3) is 0.286. The predicted molar refractivity (Wildman–Crippen MR) is 41.0 cm³/mol. The maximum absolute atomic E-state index is 4.18. The lowest BCUT2D eigenvalue weighted by atomic mass is 10.3. The Morgan fingerprint density at radius 1 is 1.45 bits per heavy atom. The molecule has 0 unspecified atom stereocenters. The second-order valence-corrected chi connectivity index (χ2v) is 2.57. The first-order valence-corrected chi connectivity index (χ1v) is 3.39. The van der Waals surface area contributed by atoms with Crippen molar-refractivity contribution in [1.82, 2.24) is 20.0 Å². The average molecular weight is 148 g/mol. The summed E-state index contributed by atoms with van der Waals surface area (Å²) in [5, 5.41) is 7.77. The van der Waals surface area contributed by atoms with Gasteiger partial charge in [-0.1, -0.05) is 5.21 Å². The van der Waals surface area contributed by atoms with E-state index in [4.69, 9.17) is 0 Å². The van der Waals surface area contributed by atoms with Crippen molar-refractivity contribution < 1.29 is 0 Å². The molecule has 0 radical (unpaired) electrons. The summed E-state index contributed by atoms with van der Waals surface area (Å²) in [6.07, 6.45) is 1.81. The molecule has 0 aromatic carbocycles. The van der Waals surface area contributed by atoms with Crippen LogP contribution in [0.2, 0.25) is 0 Å². The average Bonchev–Trinajstić information content (AvgIpc) is 2.32. The number of aryl methyl sites for hydroxylation is 2. The molecule has 56 valence electrons. The molecule has 0 aliphatic carbocycles. The van der Waals surface area contributed by atoms with Gasteiger partial charge in [0.05, 0.1) is 0 Å². The summed E-state index contributed by atoms with van der Waals surface area (Å²) in [6, 6.07) is 1.97. The third-order valence-electron chi connectivity index (χ3n) is 1.58. The van der Waals surface area contributed by atoms with Gasteiger partial charge in [-0.2, -0.15) is 0 Å². The molecule has 2 heterocycles. The minimum Gasteiger partial charge on any atom is -0.235 e. The maximum Gasteiger partial charge on any atom is 0.178 e. The third-order valence-corrected chi connectivity index (χ3v) is 1.58. The molecule has 0 saturated heterocycles. The lowest BCUT2D eigenvalue weighted by Gasteiger charge is -1.90. The molecule has 2 aromatic rings. The topological polar surface area (TPSA) is 43.6 Å². The molecule has 0 fully saturated rings. The fourth-order valence-corrected chi connectivity index (χ4v) is 1.03. The zero-order chi connectivity index (χ0) is 7.84. The van der Waals surface area contributed by atoms with E-state index in [-0.39, 0.29) is 0 Å². The van der Waals surface area contributed by atoms with Crippen LogP contribution in [0.3, 0.4) is 0 Å². The number of rotatable bonds is 0. The highest BCUT2D eigenvalue weighted by Gasteiger charge is 2.00. The summed E-state index contributed by atoms with van der Waals surface area (Å²) in [6.45, 7) is 1.99. The van der Waals surface area contributed by atoms with Gasteiger partial charge in [-0.25, -0.2) is 9.67 Å². The van der Waals surface area contributed by atoms with Crippen molar-refractivity contribution in [2.24, 2.45) is 7.05 Å². The summed E-state index contributed by atoms with van der Waals surface area (Å²) in [5.74, 6) is 0. The van der Waals surface area contributed by atoms with Gasteiger partial charge < -0.3 is 0 Å². The summed E-state index contributed by atoms with van der Waals surface area (Å²) in [4.78, 5) is 4.18. The van der Waals surface area contributed by atoms with Crippen molar-refractivity contribution in [3.8, 4) is 0 Å². The molecule has 0 atom stereocenters. The van der Waals surface area contributed by atoms with Gasteiger partial charge in [0.25, 0.3) is 0 Å². The first kappa shape index (κ1) is 6.27. The van der Waals surface area contributed by atoms with Crippen LogP contribution in [-0.2, 0) is 7.05 Å². The number of pyridine rings is 1. The molecule has 2 aromatic heterocycles. The molecule has 0 N–H and O–H groups in total. The first-order chi connectivity index (χ1) is 5.27. The molecule has 0 spiro atoms. The quantitative estimate of drug-likeness (QED) is 0.551. The zero-order valence-electron chi connectivity index (χ0n) is 6.44. The molecular weight excluding hydrogens is 140 g/mol. The minimum absolute atomic E-state index is 0.829. The lowest BCUT2D eigenvalue weighted by molar-refractivity contribution is 0.730. The SMILES string of the molecule is Cc1cnc2c(c1)nnn2C. The number of hydrogen-bond donors (Lipinski definition) is 0. The van der Waals surface area contributed by atoms with Crippen LogP contribution >= 0.6 is 0 Å². The predicted octanol–water partition coefficient (Wildman–Crippen LogP) is 0.672. The molecule has 2 rings (SSSR count). The monoisotopic (exact) mass is 148 g/mol. The van der Waals surface area contributed by atoms with Crippen LogP contribution in [0.4, 0.5) is 0 Å². The molecule has 0 aliphatic heterocycles. The number of fused-ring (bicyclic) bond motifs is 1. The molecule has 4 nitrogen and oxygen atoms in total. The van der Waals surface area contributed by atoms with Crippen molar-refractivity contribution in [3.05, 3.63) is 17.8 Å². The van der Waals surface area contributed by atoms with Crippen LogP contribution in [0.5, 0.6) is 0 Å². The number of aromatic nitrogens is 4. The van der Waals surface area contributed by atoms with E-state index in [1.165, 1.54) is 0 Å². The van der Waals surface area contributed by atoms with Crippen molar-refractivity contribution in [3.63, 3.8) is 0 Å². The molecule has 0 amide bonds. The minimum atomic E-state index is 0.829. The Morgan fingerprint density at radius 2 is 2.27 bits per heavy atom. The van der Waals surface area contributed by atoms with E-state index < -0.39 is 0 Å². The van der Waals surface area contributed by atoms with Crippen molar-refractivity contribution >= 4 is 11.2 Å². The summed E-state index contributed by atoms with van der Waals surface area (Å²) < 4.78 is 1.66. The highest BCUT2D eigenvalue weighted by Crippen LogP contribution is 2.07. The van der Waals surface area contributed by atoms with Gasteiger partial charge in [0.1, 0.15) is 5.52 Å². The van der Waals surface area contributed by atoms with Crippen LogP contribution in [0.15, 0.2) is 12.3 Å². The van der Waals surface area contributed by atoms with E-state index in [0.29, 0.717) is 0 Å². The zero-order valence-corrected chi connectivity index (χ0v) is 6.44. The smallest absolute Gasteiger partial charge is 0.178 e. The maximum atomic E-state index is 4.18. The van der Waals surface area contributed by atoms with E-state index in [2.05, 4.69) is 15.3 Å². The Morgan fingerprint density at radius 3 is 3.09 bits per heavy atom. The van der Waals surface area contributed by atoms with E-state index in [1.807, 2.05) is 26.2 Å². The van der Waals surface area contributed by atoms with Crippen LogP contribution < -0.4 is 0 Å². The Kier molecular flexibility index (Phi) is 1.15. The van der Waals surface area contributed by atoms with Gasteiger partial charge in [0, 0.05) is 13.2 Å². The lowest BCUT2D eigenvalue weighted by Crippen LogP contribution is -1.91. The second-order valence-electron chi connectivity index (χ2n) is 2.57. The normalized spacial score (nSPS) is 10.7. The summed E-state index contributed by atoms with van der Waals surface area (Å²) in [5.41, 5.74) is 2.79. The molecule has 0 aliphatic rings. The Labute approximate surface area is 63.9 Å². The van der Waals surface area contributed by atoms with Crippen LogP contribution in [0.1, 0.15) is 5.56 Å². The second kappa shape index (κ2) is 2.02. The molecule has 0 saturated carbocycles. The van der Waals surface area contributed by atoms with E-state index >= 15 is 0 Å². The van der Waals surface area contributed by atoms with E-state index in [9.17, 15) is 0 Å². The van der Waals surface area contributed by atoms with Gasteiger partial charge in [-0.3, -0.25) is 0 Å². The van der Waals surface area contributed by atoms with Crippen molar-refractivity contribution in [2.45, 2.75) is 6.92 Å². The van der Waals surface area contributed by atoms with E-state index in [0.717, 1.165) is 16.7 Å². The fourth-order valence-electron chi connectivity index (χ4n) is 1.03. The Balaban J connectivity index is 2.86. The molecule has 0 bridgehead atoms. The molecule has 4 heteroatoms. The van der Waals surface area contributed by atoms with Gasteiger partial charge in [0.2, 0.25) is 0 Å². The third kappa shape index (κ3) is 0.869. The standard InChI is InChI=1S/C7H8N4/c1-5-3-6-7(8-4-5)11(2)10-9-6/h3-4H,1-2H3. The Bertz CT molecular complexity index is 390. The van der Waals surface area contributed by atoms with Gasteiger partial charge in [-0.15, -0.1) is 5.10 Å². The van der Waals surface area contributed by atoms with Gasteiger partial charge in [-0.05, 0) is 18.6 Å². The largest absolute Gasteiger partial charge is 0.235 e. The summed E-state index contributed by atoms with van der Waals surface area (Å²) >= 11 is 0. The summed E-state index contributed by atoms with van der Waals surface area (Å²) in [7, 11) is 1.83. The first-order valence-electron chi connectivity index (χ1n) is 3.39. The van der Waals surface area contributed by atoms with Gasteiger partial charge in [0.15, 0.2) is 5.65 Å². The van der Waals surface area contributed by atoms with E-state index in [1.54, 1.807) is 4.68 Å². The molecular formula is C7H8N4.